The Morgan fingerprint density at radius 2 is 1.65 bits per heavy atom. The zero-order valence-corrected chi connectivity index (χ0v) is 25.5. The van der Waals surface area contributed by atoms with Crippen LogP contribution in [0, 0.1) is 0 Å². The molecular weight excluding hydrogens is 606 g/mol. The molecule has 0 bridgehead atoms. The van der Waals surface area contributed by atoms with Gasteiger partial charge in [0.05, 0.1) is 17.0 Å². The van der Waals surface area contributed by atoms with E-state index in [-0.39, 0.29) is 30.7 Å². The number of thiocarbonyl (C=S) groups is 1. The standard InChI is InChI=1S/C31H27N5O4S2.ClH/c37-29-23(17-26-30(38)36(31(41)42-26)19-21-6-2-1-3-7-21)28(32-27-8-4-5-11-35(27)29)34-14-12-33(13-15-34)18-22-9-10-24-25(16-22)40-20-39-24;/h1-11,16-17H,12-15,18-20H2;1H/b26-17-;. The lowest BCUT2D eigenvalue weighted by molar-refractivity contribution is -0.122. The van der Waals surface area contributed by atoms with Gasteiger partial charge in [-0.05, 0) is 41.5 Å². The van der Waals surface area contributed by atoms with Crippen molar-refractivity contribution in [1.29, 1.82) is 0 Å². The van der Waals surface area contributed by atoms with Gasteiger partial charge in [0.2, 0.25) is 6.79 Å². The first-order valence-electron chi connectivity index (χ1n) is 13.7. The number of benzene rings is 2. The Morgan fingerprint density at radius 1 is 0.884 bits per heavy atom. The van der Waals surface area contributed by atoms with Gasteiger partial charge < -0.3 is 14.4 Å². The predicted molar refractivity (Wildman–Crippen MR) is 174 cm³/mol. The van der Waals surface area contributed by atoms with E-state index in [1.807, 2.05) is 54.6 Å². The van der Waals surface area contributed by atoms with E-state index >= 15 is 0 Å². The molecule has 2 aromatic heterocycles. The van der Waals surface area contributed by atoms with Crippen LogP contribution in [0.25, 0.3) is 11.7 Å². The van der Waals surface area contributed by atoms with Gasteiger partial charge in [-0.25, -0.2) is 4.98 Å². The lowest BCUT2D eigenvalue weighted by Gasteiger charge is -2.36. The smallest absolute Gasteiger partial charge is 0.267 e. The average Bonchev–Trinajstić information content (AvgIpc) is 3.59. The summed E-state index contributed by atoms with van der Waals surface area (Å²) in [5.41, 5.74) is 2.89. The molecule has 3 aliphatic heterocycles. The normalized spacial score (nSPS) is 17.6. The molecule has 2 fully saturated rings. The second-order valence-electron chi connectivity index (χ2n) is 10.3. The van der Waals surface area contributed by atoms with Crippen molar-refractivity contribution in [2.75, 3.05) is 37.9 Å². The Morgan fingerprint density at radius 3 is 2.47 bits per heavy atom. The van der Waals surface area contributed by atoms with Crippen molar-refractivity contribution in [2.24, 2.45) is 0 Å². The monoisotopic (exact) mass is 633 g/mol. The number of piperazine rings is 1. The molecule has 0 unspecified atom stereocenters. The summed E-state index contributed by atoms with van der Waals surface area (Å²) in [4.78, 5) is 38.7. The third-order valence-electron chi connectivity index (χ3n) is 7.60. The first-order valence-corrected chi connectivity index (χ1v) is 14.9. The number of pyridine rings is 1. The van der Waals surface area contributed by atoms with Crippen LogP contribution >= 0.6 is 36.4 Å². The maximum Gasteiger partial charge on any atom is 0.267 e. The molecule has 0 atom stereocenters. The third-order valence-corrected chi connectivity index (χ3v) is 8.97. The van der Waals surface area contributed by atoms with Gasteiger partial charge in [0.25, 0.3) is 11.5 Å². The first kappa shape index (κ1) is 29.2. The number of carbonyl (C=O) groups excluding carboxylic acids is 1. The highest BCUT2D eigenvalue weighted by molar-refractivity contribution is 8.26. The molecule has 43 heavy (non-hydrogen) atoms. The zero-order valence-electron chi connectivity index (χ0n) is 23.0. The van der Waals surface area contributed by atoms with Gasteiger partial charge in [-0.1, -0.05) is 66.4 Å². The van der Waals surface area contributed by atoms with E-state index in [0.717, 1.165) is 42.3 Å². The maximum absolute atomic E-state index is 13.8. The van der Waals surface area contributed by atoms with Crippen LogP contribution in [0.1, 0.15) is 16.7 Å². The summed E-state index contributed by atoms with van der Waals surface area (Å²) in [6, 6.07) is 21.3. The second kappa shape index (κ2) is 12.4. The summed E-state index contributed by atoms with van der Waals surface area (Å²) >= 11 is 6.79. The number of amides is 1. The summed E-state index contributed by atoms with van der Waals surface area (Å²) < 4.78 is 13.0. The van der Waals surface area contributed by atoms with E-state index < -0.39 is 0 Å². The van der Waals surface area contributed by atoms with Gasteiger partial charge in [0.15, 0.2) is 11.5 Å². The molecule has 5 heterocycles. The number of hydrogen-bond donors (Lipinski definition) is 0. The van der Waals surface area contributed by atoms with Crippen LogP contribution in [0.3, 0.4) is 0 Å². The van der Waals surface area contributed by atoms with E-state index in [1.54, 1.807) is 23.2 Å². The number of aromatic nitrogens is 2. The largest absolute Gasteiger partial charge is 0.454 e. The van der Waals surface area contributed by atoms with Crippen LogP contribution in [0.2, 0.25) is 0 Å². The maximum atomic E-state index is 13.8. The molecule has 2 saturated heterocycles. The van der Waals surface area contributed by atoms with Crippen molar-refractivity contribution in [1.82, 2.24) is 19.2 Å². The topological polar surface area (TPSA) is 79.6 Å². The van der Waals surface area contributed by atoms with Crippen LogP contribution in [0.15, 0.2) is 82.6 Å². The lowest BCUT2D eigenvalue weighted by atomic mass is 10.1. The minimum absolute atomic E-state index is 0. The molecule has 7 rings (SSSR count). The summed E-state index contributed by atoms with van der Waals surface area (Å²) in [7, 11) is 0. The van der Waals surface area contributed by atoms with Crippen molar-refractivity contribution < 1.29 is 14.3 Å². The lowest BCUT2D eigenvalue weighted by Crippen LogP contribution is -2.47. The summed E-state index contributed by atoms with van der Waals surface area (Å²) in [6.45, 7) is 4.40. The first-order chi connectivity index (χ1) is 20.5. The molecule has 220 valence electrons. The Balaban J connectivity index is 0.00000329. The summed E-state index contributed by atoms with van der Waals surface area (Å²) in [5.74, 6) is 1.95. The number of thioether (sulfide) groups is 1. The molecule has 9 nitrogen and oxygen atoms in total. The Kier molecular flexibility index (Phi) is 8.40. The number of anilines is 1. The minimum Gasteiger partial charge on any atom is -0.454 e. The van der Waals surface area contributed by atoms with Crippen molar-refractivity contribution >= 4 is 64.2 Å². The van der Waals surface area contributed by atoms with Gasteiger partial charge >= 0.3 is 0 Å². The quantitative estimate of drug-likeness (QED) is 0.224. The molecule has 1 amide bonds. The van der Waals surface area contributed by atoms with Crippen molar-refractivity contribution in [3.63, 3.8) is 0 Å². The molecule has 12 heteroatoms. The van der Waals surface area contributed by atoms with Crippen LogP contribution < -0.4 is 19.9 Å². The minimum atomic E-state index is -0.216. The molecule has 4 aromatic rings. The van der Waals surface area contributed by atoms with Crippen molar-refractivity contribution in [2.45, 2.75) is 13.1 Å². The van der Waals surface area contributed by atoms with Crippen molar-refractivity contribution in [3.05, 3.63) is 105 Å². The zero-order chi connectivity index (χ0) is 28.6. The SMILES string of the molecule is Cl.O=C1/C(=C/c2c(N3CCN(Cc4ccc5c(c4)OCO5)CC3)nc3ccccn3c2=O)SC(=S)N1Cc1ccccc1. The fourth-order valence-electron chi connectivity index (χ4n) is 5.41. The van der Waals surface area contributed by atoms with Gasteiger partial charge in [-0.3, -0.25) is 23.8 Å². The fraction of sp³-hybridized carbons (Fsp3) is 0.226. The third kappa shape index (κ3) is 5.85. The van der Waals surface area contributed by atoms with E-state index in [4.69, 9.17) is 26.7 Å². The highest BCUT2D eigenvalue weighted by Crippen LogP contribution is 2.35. The molecule has 0 spiro atoms. The highest BCUT2D eigenvalue weighted by Gasteiger charge is 2.33. The van der Waals surface area contributed by atoms with Crippen LogP contribution in [0.5, 0.6) is 11.5 Å². The molecule has 0 N–H and O–H groups in total. The molecule has 0 saturated carbocycles. The molecule has 2 aromatic carbocycles. The Bertz CT molecular complexity index is 1790. The average molecular weight is 634 g/mol. The van der Waals surface area contributed by atoms with E-state index in [2.05, 4.69) is 15.9 Å². The second-order valence-corrected chi connectivity index (χ2v) is 12.0. The van der Waals surface area contributed by atoms with Gasteiger partial charge in [0, 0.05) is 38.9 Å². The van der Waals surface area contributed by atoms with Gasteiger partial charge in [-0.15, -0.1) is 12.4 Å². The van der Waals surface area contributed by atoms with Gasteiger partial charge in [0.1, 0.15) is 15.8 Å². The summed E-state index contributed by atoms with van der Waals surface area (Å²) in [6.07, 6.45) is 3.38. The number of carbonyl (C=O) groups is 1. The fourth-order valence-corrected chi connectivity index (χ4v) is 6.64. The number of hydrogen-bond acceptors (Lipinski definition) is 9. The van der Waals surface area contributed by atoms with Gasteiger partial charge in [-0.2, -0.15) is 0 Å². The number of rotatable bonds is 6. The predicted octanol–water partition coefficient (Wildman–Crippen LogP) is 4.57. The number of nitrogens with zero attached hydrogens (tertiary/aromatic N) is 5. The molecular formula is C31H28ClN5O4S2. The summed E-state index contributed by atoms with van der Waals surface area (Å²) in [5, 5.41) is 0. The Hall–Kier alpha value is -3.90. The molecule has 3 aliphatic rings. The number of ether oxygens (including phenoxy) is 2. The molecule has 0 aliphatic carbocycles. The van der Waals surface area contributed by atoms with E-state index in [1.165, 1.54) is 16.2 Å². The highest BCUT2D eigenvalue weighted by atomic mass is 35.5. The van der Waals surface area contributed by atoms with E-state index in [0.29, 0.717) is 45.9 Å². The van der Waals surface area contributed by atoms with Crippen molar-refractivity contribution in [3.8, 4) is 11.5 Å². The van der Waals surface area contributed by atoms with E-state index in [9.17, 15) is 9.59 Å². The van der Waals surface area contributed by atoms with Crippen LogP contribution in [0.4, 0.5) is 5.82 Å². The Labute approximate surface area is 264 Å². The molecule has 0 radical (unpaired) electrons. The number of halogens is 1. The van der Waals surface area contributed by atoms with Crippen LogP contribution in [-0.2, 0) is 17.9 Å². The number of fused-ring (bicyclic) bond motifs is 2. The van der Waals surface area contributed by atoms with Crippen LogP contribution in [-0.4, -0.2) is 62.4 Å².